The fraction of sp³-hybridized carbons (Fsp3) is 0.571. The van der Waals surface area contributed by atoms with E-state index in [4.69, 9.17) is 4.74 Å². The van der Waals surface area contributed by atoms with Crippen molar-refractivity contribution in [1.82, 2.24) is 4.90 Å². The topological polar surface area (TPSA) is 32.7 Å². The van der Waals surface area contributed by atoms with Crippen molar-refractivity contribution in [3.63, 3.8) is 0 Å². The summed E-state index contributed by atoms with van der Waals surface area (Å²) in [6.45, 7) is 7.41. The van der Waals surface area contributed by atoms with Crippen molar-refractivity contribution in [3.8, 4) is 5.75 Å². The number of aromatic hydroxyl groups is 1. The van der Waals surface area contributed by atoms with Gasteiger partial charge in [0.25, 0.3) is 0 Å². The predicted octanol–water partition coefficient (Wildman–Crippen LogP) is 2.77. The monoisotopic (exact) mass is 235 g/mol. The number of phenols is 1. The van der Waals surface area contributed by atoms with E-state index in [1.165, 1.54) is 0 Å². The number of rotatable bonds is 1. The van der Waals surface area contributed by atoms with E-state index in [1.807, 2.05) is 12.1 Å². The standard InChI is InChI=1S/C14H21NO2/c1-14(2,3)13-15(4)9-12(17-13)10-6-5-7-11(16)8-10/h5-8,12-13,16H,9H2,1-4H3/t12-,13-/m0/s1. The number of ether oxygens (including phenoxy) is 1. The molecule has 1 aromatic rings. The van der Waals surface area contributed by atoms with Crippen LogP contribution in [0.4, 0.5) is 0 Å². The molecule has 1 N–H and O–H groups in total. The van der Waals surface area contributed by atoms with E-state index in [9.17, 15) is 5.11 Å². The van der Waals surface area contributed by atoms with Crippen LogP contribution in [0, 0.1) is 5.41 Å². The van der Waals surface area contributed by atoms with Gasteiger partial charge in [0, 0.05) is 12.0 Å². The smallest absolute Gasteiger partial charge is 0.116 e. The first kappa shape index (κ1) is 12.4. The molecule has 2 rings (SSSR count). The van der Waals surface area contributed by atoms with Gasteiger partial charge in [0.2, 0.25) is 0 Å². The number of likely N-dealkylation sites (N-methyl/N-ethyl adjacent to an activating group) is 1. The lowest BCUT2D eigenvalue weighted by Gasteiger charge is -2.31. The van der Waals surface area contributed by atoms with E-state index in [-0.39, 0.29) is 17.7 Å². The minimum atomic E-state index is 0.0522. The summed E-state index contributed by atoms with van der Waals surface area (Å²) >= 11 is 0. The lowest BCUT2D eigenvalue weighted by Crippen LogP contribution is -2.37. The molecule has 0 amide bonds. The number of hydrogen-bond acceptors (Lipinski definition) is 3. The molecule has 1 fully saturated rings. The predicted molar refractivity (Wildman–Crippen MR) is 67.8 cm³/mol. The maximum atomic E-state index is 9.50. The second-order valence-corrected chi connectivity index (χ2v) is 5.88. The summed E-state index contributed by atoms with van der Waals surface area (Å²) < 4.78 is 6.09. The Kier molecular flexibility index (Phi) is 3.15. The summed E-state index contributed by atoms with van der Waals surface area (Å²) in [7, 11) is 2.08. The van der Waals surface area contributed by atoms with Gasteiger partial charge in [0.05, 0.1) is 6.10 Å². The highest BCUT2D eigenvalue weighted by Crippen LogP contribution is 2.36. The van der Waals surface area contributed by atoms with Gasteiger partial charge in [-0.1, -0.05) is 32.9 Å². The molecule has 1 aromatic carbocycles. The Morgan fingerprint density at radius 3 is 2.59 bits per heavy atom. The molecule has 1 aliphatic heterocycles. The van der Waals surface area contributed by atoms with E-state index < -0.39 is 0 Å². The minimum absolute atomic E-state index is 0.0522. The number of hydrogen-bond donors (Lipinski definition) is 1. The van der Waals surface area contributed by atoms with Crippen LogP contribution in [0.2, 0.25) is 0 Å². The molecule has 0 spiro atoms. The molecule has 0 saturated carbocycles. The van der Waals surface area contributed by atoms with Crippen LogP contribution in [0.3, 0.4) is 0 Å². The molecule has 1 saturated heterocycles. The zero-order chi connectivity index (χ0) is 12.6. The van der Waals surface area contributed by atoms with Crippen molar-refractivity contribution in [2.24, 2.45) is 5.41 Å². The lowest BCUT2D eigenvalue weighted by atomic mass is 9.94. The largest absolute Gasteiger partial charge is 0.508 e. The van der Waals surface area contributed by atoms with Crippen LogP contribution in [0.15, 0.2) is 24.3 Å². The summed E-state index contributed by atoms with van der Waals surface area (Å²) in [5.41, 5.74) is 1.14. The van der Waals surface area contributed by atoms with Gasteiger partial charge >= 0.3 is 0 Å². The van der Waals surface area contributed by atoms with Crippen molar-refractivity contribution in [2.45, 2.75) is 33.1 Å². The van der Waals surface area contributed by atoms with Crippen LogP contribution in [0.5, 0.6) is 5.75 Å². The molecular formula is C14H21NO2. The molecule has 0 unspecified atom stereocenters. The zero-order valence-electron chi connectivity index (χ0n) is 11.0. The quantitative estimate of drug-likeness (QED) is 0.812. The molecule has 0 aliphatic carbocycles. The highest BCUT2D eigenvalue weighted by atomic mass is 16.5. The van der Waals surface area contributed by atoms with E-state index >= 15 is 0 Å². The van der Waals surface area contributed by atoms with Crippen LogP contribution in [-0.4, -0.2) is 29.8 Å². The van der Waals surface area contributed by atoms with Crippen molar-refractivity contribution in [3.05, 3.63) is 29.8 Å². The van der Waals surface area contributed by atoms with Crippen molar-refractivity contribution in [2.75, 3.05) is 13.6 Å². The molecule has 2 atom stereocenters. The SMILES string of the molecule is CN1C[C@@H](c2cccc(O)c2)O[C@H]1C(C)(C)C. The first-order valence-electron chi connectivity index (χ1n) is 6.02. The summed E-state index contributed by atoms with van der Waals surface area (Å²) in [6, 6.07) is 7.33. The van der Waals surface area contributed by atoms with E-state index in [2.05, 4.69) is 32.7 Å². The van der Waals surface area contributed by atoms with E-state index in [1.54, 1.807) is 12.1 Å². The Morgan fingerprint density at radius 1 is 1.35 bits per heavy atom. The van der Waals surface area contributed by atoms with Gasteiger partial charge < -0.3 is 9.84 Å². The van der Waals surface area contributed by atoms with Crippen LogP contribution < -0.4 is 0 Å². The van der Waals surface area contributed by atoms with Gasteiger partial charge in [-0.3, -0.25) is 4.90 Å². The average molecular weight is 235 g/mol. The fourth-order valence-electron chi connectivity index (χ4n) is 2.43. The van der Waals surface area contributed by atoms with Gasteiger partial charge in [-0.25, -0.2) is 0 Å². The zero-order valence-corrected chi connectivity index (χ0v) is 11.0. The Bertz CT molecular complexity index is 397. The minimum Gasteiger partial charge on any atom is -0.508 e. The maximum absolute atomic E-state index is 9.50. The molecule has 1 aliphatic rings. The van der Waals surface area contributed by atoms with Crippen molar-refractivity contribution in [1.29, 1.82) is 0 Å². The molecular weight excluding hydrogens is 214 g/mol. The van der Waals surface area contributed by atoms with E-state index in [0.29, 0.717) is 5.75 Å². The average Bonchev–Trinajstić information content (AvgIpc) is 2.60. The summed E-state index contributed by atoms with van der Waals surface area (Å²) in [6.07, 6.45) is 0.172. The Hall–Kier alpha value is -1.06. The van der Waals surface area contributed by atoms with Crippen LogP contribution in [-0.2, 0) is 4.74 Å². The summed E-state index contributed by atoms with van der Waals surface area (Å²) in [5.74, 6) is 0.299. The van der Waals surface area contributed by atoms with Gasteiger partial charge in [0.1, 0.15) is 12.0 Å². The molecule has 3 heteroatoms. The molecule has 3 nitrogen and oxygen atoms in total. The van der Waals surface area contributed by atoms with E-state index in [0.717, 1.165) is 12.1 Å². The molecule has 17 heavy (non-hydrogen) atoms. The maximum Gasteiger partial charge on any atom is 0.116 e. The van der Waals surface area contributed by atoms with Crippen LogP contribution in [0.1, 0.15) is 32.4 Å². The van der Waals surface area contributed by atoms with Crippen LogP contribution >= 0.6 is 0 Å². The van der Waals surface area contributed by atoms with Gasteiger partial charge in [-0.2, -0.15) is 0 Å². The summed E-state index contributed by atoms with van der Waals surface area (Å²) in [4.78, 5) is 2.23. The molecule has 0 bridgehead atoms. The Morgan fingerprint density at radius 2 is 2.06 bits per heavy atom. The summed E-state index contributed by atoms with van der Waals surface area (Å²) in [5, 5.41) is 9.50. The molecule has 0 aromatic heterocycles. The second kappa shape index (κ2) is 4.31. The molecule has 0 radical (unpaired) electrons. The third kappa shape index (κ3) is 2.61. The molecule has 94 valence electrons. The highest BCUT2D eigenvalue weighted by molar-refractivity contribution is 5.29. The fourth-order valence-corrected chi connectivity index (χ4v) is 2.43. The number of nitrogens with zero attached hydrogens (tertiary/aromatic N) is 1. The van der Waals surface area contributed by atoms with Crippen molar-refractivity contribution < 1.29 is 9.84 Å². The molecule has 1 heterocycles. The Labute approximate surface area is 103 Å². The van der Waals surface area contributed by atoms with Crippen LogP contribution in [0.25, 0.3) is 0 Å². The number of benzene rings is 1. The third-order valence-corrected chi connectivity index (χ3v) is 3.13. The Balaban J connectivity index is 2.17. The van der Waals surface area contributed by atoms with Crippen molar-refractivity contribution >= 4 is 0 Å². The first-order chi connectivity index (χ1) is 7.88. The number of phenolic OH excluding ortho intramolecular Hbond substituents is 1. The second-order valence-electron chi connectivity index (χ2n) is 5.88. The highest BCUT2D eigenvalue weighted by Gasteiger charge is 2.38. The van der Waals surface area contributed by atoms with Gasteiger partial charge in [-0.05, 0) is 24.7 Å². The first-order valence-corrected chi connectivity index (χ1v) is 6.02. The lowest BCUT2D eigenvalue weighted by molar-refractivity contribution is -0.0620. The van der Waals surface area contributed by atoms with Gasteiger partial charge in [-0.15, -0.1) is 0 Å². The van der Waals surface area contributed by atoms with Gasteiger partial charge in [0.15, 0.2) is 0 Å². The third-order valence-electron chi connectivity index (χ3n) is 3.13. The normalized spacial score (nSPS) is 26.4.